The maximum atomic E-state index is 11.6. The predicted octanol–water partition coefficient (Wildman–Crippen LogP) is 5.22. The molecule has 5 heteroatoms. The maximum Gasteiger partial charge on any atom is 0.336 e. The highest BCUT2D eigenvalue weighted by Gasteiger charge is 2.15. The lowest BCUT2D eigenvalue weighted by atomic mass is 10.0. The number of rotatable bonds is 2. The molecule has 0 unspecified atom stereocenters. The Morgan fingerprint density at radius 1 is 1.05 bits per heavy atom. The number of pyridine rings is 1. The molecular formula is C17H11Cl2NO2. The molecule has 0 amide bonds. The van der Waals surface area contributed by atoms with E-state index in [1.54, 1.807) is 30.3 Å². The predicted molar refractivity (Wildman–Crippen MR) is 88.9 cm³/mol. The summed E-state index contributed by atoms with van der Waals surface area (Å²) in [4.78, 5) is 16.2. The lowest BCUT2D eigenvalue weighted by Gasteiger charge is -2.10. The summed E-state index contributed by atoms with van der Waals surface area (Å²) >= 11 is 11.9. The van der Waals surface area contributed by atoms with Crippen molar-refractivity contribution in [3.63, 3.8) is 0 Å². The first-order valence-corrected chi connectivity index (χ1v) is 7.31. The largest absolute Gasteiger partial charge is 0.478 e. The van der Waals surface area contributed by atoms with E-state index >= 15 is 0 Å². The van der Waals surface area contributed by atoms with Gasteiger partial charge in [0, 0.05) is 21.0 Å². The van der Waals surface area contributed by atoms with Crippen LogP contribution in [0.1, 0.15) is 15.9 Å². The van der Waals surface area contributed by atoms with Gasteiger partial charge in [-0.2, -0.15) is 0 Å². The lowest BCUT2D eigenvalue weighted by molar-refractivity contribution is 0.0699. The van der Waals surface area contributed by atoms with Gasteiger partial charge in [0.1, 0.15) is 0 Å². The van der Waals surface area contributed by atoms with Gasteiger partial charge in [0.2, 0.25) is 0 Å². The van der Waals surface area contributed by atoms with Crippen LogP contribution in [0.15, 0.2) is 42.5 Å². The fraction of sp³-hybridized carbons (Fsp3) is 0.0588. The molecule has 0 aliphatic rings. The van der Waals surface area contributed by atoms with Gasteiger partial charge >= 0.3 is 5.97 Å². The van der Waals surface area contributed by atoms with E-state index in [9.17, 15) is 9.90 Å². The first-order valence-electron chi connectivity index (χ1n) is 6.56. The molecule has 0 radical (unpaired) electrons. The van der Waals surface area contributed by atoms with E-state index in [1.165, 1.54) is 0 Å². The molecule has 110 valence electrons. The number of carbonyl (C=O) groups is 1. The van der Waals surface area contributed by atoms with Gasteiger partial charge in [0.05, 0.1) is 16.8 Å². The van der Waals surface area contributed by atoms with Gasteiger partial charge < -0.3 is 5.11 Å². The van der Waals surface area contributed by atoms with Crippen LogP contribution in [0.3, 0.4) is 0 Å². The van der Waals surface area contributed by atoms with E-state index in [0.29, 0.717) is 26.6 Å². The smallest absolute Gasteiger partial charge is 0.336 e. The topological polar surface area (TPSA) is 50.2 Å². The van der Waals surface area contributed by atoms with Crippen LogP contribution in [0.2, 0.25) is 10.0 Å². The Morgan fingerprint density at radius 2 is 1.73 bits per heavy atom. The molecular weight excluding hydrogens is 321 g/mol. The Kier molecular flexibility index (Phi) is 3.77. The summed E-state index contributed by atoms with van der Waals surface area (Å²) in [6.45, 7) is 1.86. The number of benzene rings is 2. The Morgan fingerprint density at radius 3 is 2.36 bits per heavy atom. The SMILES string of the molecule is Cc1cc(Cl)cc2c(C(=O)O)cc(-c3ccc(Cl)cc3)nc12. The summed E-state index contributed by atoms with van der Waals surface area (Å²) in [6, 6.07) is 12.1. The number of aryl methyl sites for hydroxylation is 1. The second-order valence-corrected chi connectivity index (χ2v) is 5.86. The zero-order valence-corrected chi connectivity index (χ0v) is 13.1. The van der Waals surface area contributed by atoms with Crippen molar-refractivity contribution in [2.24, 2.45) is 0 Å². The third kappa shape index (κ3) is 2.65. The van der Waals surface area contributed by atoms with Crippen LogP contribution in [0, 0.1) is 6.92 Å². The van der Waals surface area contributed by atoms with Crippen LogP contribution in [0.4, 0.5) is 0 Å². The molecule has 1 N–H and O–H groups in total. The molecule has 22 heavy (non-hydrogen) atoms. The number of nitrogens with zero attached hydrogens (tertiary/aromatic N) is 1. The number of halogens is 2. The molecule has 1 heterocycles. The lowest BCUT2D eigenvalue weighted by Crippen LogP contribution is -2.01. The summed E-state index contributed by atoms with van der Waals surface area (Å²) in [5.41, 5.74) is 3.05. The first-order chi connectivity index (χ1) is 10.5. The third-order valence-electron chi connectivity index (χ3n) is 3.44. The summed E-state index contributed by atoms with van der Waals surface area (Å²) < 4.78 is 0. The minimum absolute atomic E-state index is 0.181. The van der Waals surface area contributed by atoms with E-state index < -0.39 is 5.97 Å². The standard InChI is InChI=1S/C17H11Cl2NO2/c1-9-6-12(19)7-13-14(17(21)22)8-15(20-16(9)13)10-2-4-11(18)5-3-10/h2-8H,1H3,(H,21,22). The van der Waals surface area contributed by atoms with Gasteiger partial charge in [-0.1, -0.05) is 35.3 Å². The van der Waals surface area contributed by atoms with Crippen molar-refractivity contribution < 1.29 is 9.90 Å². The van der Waals surface area contributed by atoms with Gasteiger partial charge in [-0.3, -0.25) is 0 Å². The van der Waals surface area contributed by atoms with Gasteiger partial charge in [-0.05, 0) is 42.8 Å². The molecule has 0 aliphatic carbocycles. The molecule has 0 saturated carbocycles. The quantitative estimate of drug-likeness (QED) is 0.700. The minimum atomic E-state index is -1.01. The van der Waals surface area contributed by atoms with Crippen LogP contribution in [-0.2, 0) is 0 Å². The summed E-state index contributed by atoms with van der Waals surface area (Å²) in [6.07, 6.45) is 0. The van der Waals surface area contributed by atoms with Crippen molar-refractivity contribution in [1.29, 1.82) is 0 Å². The molecule has 3 nitrogen and oxygen atoms in total. The monoisotopic (exact) mass is 331 g/mol. The average Bonchev–Trinajstić information content (AvgIpc) is 2.47. The van der Waals surface area contributed by atoms with Gasteiger partial charge in [0.15, 0.2) is 0 Å². The first kappa shape index (κ1) is 14.8. The van der Waals surface area contributed by atoms with Crippen LogP contribution in [-0.4, -0.2) is 16.1 Å². The molecule has 0 atom stereocenters. The highest BCUT2D eigenvalue weighted by molar-refractivity contribution is 6.31. The number of carboxylic acid groups (broad SMARTS) is 1. The second-order valence-electron chi connectivity index (χ2n) is 4.99. The van der Waals surface area contributed by atoms with E-state index in [1.807, 2.05) is 19.1 Å². The number of aromatic carboxylic acids is 1. The fourth-order valence-electron chi connectivity index (χ4n) is 2.40. The van der Waals surface area contributed by atoms with Crippen molar-refractivity contribution in [2.45, 2.75) is 6.92 Å². The number of hydrogen-bond donors (Lipinski definition) is 1. The molecule has 2 aromatic carbocycles. The number of carboxylic acids is 1. The highest BCUT2D eigenvalue weighted by atomic mass is 35.5. The van der Waals surface area contributed by atoms with E-state index in [-0.39, 0.29) is 5.56 Å². The highest BCUT2D eigenvalue weighted by Crippen LogP contribution is 2.29. The molecule has 0 fully saturated rings. The van der Waals surface area contributed by atoms with Crippen molar-refractivity contribution in [3.05, 3.63) is 63.6 Å². The third-order valence-corrected chi connectivity index (χ3v) is 3.91. The van der Waals surface area contributed by atoms with Crippen LogP contribution < -0.4 is 0 Å². The minimum Gasteiger partial charge on any atom is -0.478 e. The van der Waals surface area contributed by atoms with Crippen LogP contribution in [0.25, 0.3) is 22.2 Å². The zero-order chi connectivity index (χ0) is 15.9. The van der Waals surface area contributed by atoms with E-state index in [4.69, 9.17) is 23.2 Å². The molecule has 0 aliphatic heterocycles. The molecule has 0 saturated heterocycles. The molecule has 0 spiro atoms. The molecule has 3 aromatic rings. The Balaban J connectivity index is 2.34. The van der Waals surface area contributed by atoms with Gasteiger partial charge in [0.25, 0.3) is 0 Å². The summed E-state index contributed by atoms with van der Waals surface area (Å²) in [5, 5.41) is 11.1. The number of aromatic nitrogens is 1. The van der Waals surface area contributed by atoms with Crippen molar-refractivity contribution in [1.82, 2.24) is 4.98 Å². The Labute approximate surface area is 137 Å². The van der Waals surface area contributed by atoms with Crippen molar-refractivity contribution >= 4 is 40.1 Å². The van der Waals surface area contributed by atoms with Crippen molar-refractivity contribution in [3.8, 4) is 11.3 Å². The van der Waals surface area contributed by atoms with Gasteiger partial charge in [-0.15, -0.1) is 0 Å². The van der Waals surface area contributed by atoms with Crippen molar-refractivity contribution in [2.75, 3.05) is 0 Å². The molecule has 1 aromatic heterocycles. The van der Waals surface area contributed by atoms with Crippen LogP contribution in [0.5, 0.6) is 0 Å². The van der Waals surface area contributed by atoms with Crippen LogP contribution >= 0.6 is 23.2 Å². The van der Waals surface area contributed by atoms with E-state index in [2.05, 4.69) is 4.98 Å². The fourth-order valence-corrected chi connectivity index (χ4v) is 2.80. The number of fused-ring (bicyclic) bond motifs is 1. The molecule has 3 rings (SSSR count). The Bertz CT molecular complexity index is 889. The second kappa shape index (κ2) is 5.59. The summed E-state index contributed by atoms with van der Waals surface area (Å²) in [7, 11) is 0. The molecule has 0 bridgehead atoms. The van der Waals surface area contributed by atoms with Gasteiger partial charge in [-0.25, -0.2) is 9.78 Å². The maximum absolute atomic E-state index is 11.6. The summed E-state index contributed by atoms with van der Waals surface area (Å²) in [5.74, 6) is -1.01. The Hall–Kier alpha value is -2.10. The number of hydrogen-bond acceptors (Lipinski definition) is 2. The zero-order valence-electron chi connectivity index (χ0n) is 11.6. The van der Waals surface area contributed by atoms with E-state index in [0.717, 1.165) is 11.1 Å². The average molecular weight is 332 g/mol. The normalized spacial score (nSPS) is 10.9.